The summed E-state index contributed by atoms with van der Waals surface area (Å²) in [5, 5.41) is 9.15. The molecular formula is C20H29N3O3S. The van der Waals surface area contributed by atoms with E-state index in [0.29, 0.717) is 22.9 Å². The molecule has 148 valence electrons. The van der Waals surface area contributed by atoms with E-state index in [-0.39, 0.29) is 17.8 Å². The van der Waals surface area contributed by atoms with Crippen molar-refractivity contribution in [1.29, 1.82) is 0 Å². The maximum absolute atomic E-state index is 12.4. The predicted octanol–water partition coefficient (Wildman–Crippen LogP) is 4.48. The molecule has 1 fully saturated rings. The Kier molecular flexibility index (Phi) is 6.29. The van der Waals surface area contributed by atoms with Gasteiger partial charge in [0.15, 0.2) is 11.0 Å². The molecule has 0 bridgehead atoms. The molecule has 0 spiro atoms. The molecule has 1 saturated carbocycles. The van der Waals surface area contributed by atoms with Crippen LogP contribution < -0.4 is 0 Å². The minimum absolute atomic E-state index is 0.0329. The first-order valence-electron chi connectivity index (χ1n) is 9.63. The second-order valence-corrected chi connectivity index (χ2v) is 8.84. The lowest BCUT2D eigenvalue weighted by molar-refractivity contribution is -0.152. The summed E-state index contributed by atoms with van der Waals surface area (Å²) < 4.78 is 13.1. The lowest BCUT2D eigenvalue weighted by atomic mass is 9.75. The average molecular weight is 392 g/mol. The second-order valence-electron chi connectivity index (χ2n) is 7.90. The standard InChI is InChI=1S/C20H29N3O3S/c1-12(2)15-7-6-13(3)10-17(15)26-18(24)11-27-20-22-21-19(23(20)5)16-8-9-25-14(16)4/h8-9,12-13,15,17H,6-7,10-11H2,1-5H3/t13-,15-,17+/m1/s1. The minimum atomic E-state index is -0.172. The number of hydrogen-bond acceptors (Lipinski definition) is 6. The molecule has 3 rings (SSSR count). The van der Waals surface area contributed by atoms with Crippen molar-refractivity contribution in [3.05, 3.63) is 18.1 Å². The van der Waals surface area contributed by atoms with Gasteiger partial charge in [-0.2, -0.15) is 0 Å². The Hall–Kier alpha value is -1.76. The monoisotopic (exact) mass is 391 g/mol. The Labute approximate surface area is 165 Å². The highest BCUT2D eigenvalue weighted by Crippen LogP contribution is 2.35. The van der Waals surface area contributed by atoms with Gasteiger partial charge in [0.25, 0.3) is 0 Å². The van der Waals surface area contributed by atoms with E-state index in [4.69, 9.17) is 9.15 Å². The molecule has 2 heterocycles. The van der Waals surface area contributed by atoms with Crippen LogP contribution in [0, 0.1) is 24.7 Å². The maximum atomic E-state index is 12.4. The number of thioether (sulfide) groups is 1. The van der Waals surface area contributed by atoms with Crippen LogP contribution in [0.1, 0.15) is 45.8 Å². The van der Waals surface area contributed by atoms with Crippen LogP contribution in [0.25, 0.3) is 11.4 Å². The molecule has 0 aromatic carbocycles. The van der Waals surface area contributed by atoms with E-state index in [2.05, 4.69) is 31.0 Å². The first kappa shape index (κ1) is 20.0. The summed E-state index contributed by atoms with van der Waals surface area (Å²) in [5.74, 6) is 3.21. The third-order valence-corrected chi connectivity index (χ3v) is 6.49. The van der Waals surface area contributed by atoms with Crippen LogP contribution in [0.5, 0.6) is 0 Å². The first-order valence-corrected chi connectivity index (χ1v) is 10.6. The summed E-state index contributed by atoms with van der Waals surface area (Å²) in [6.45, 7) is 8.57. The molecule has 6 nitrogen and oxygen atoms in total. The Morgan fingerprint density at radius 2 is 2.19 bits per heavy atom. The van der Waals surface area contributed by atoms with E-state index >= 15 is 0 Å². The number of nitrogens with zero attached hydrogens (tertiary/aromatic N) is 3. The minimum Gasteiger partial charge on any atom is -0.469 e. The van der Waals surface area contributed by atoms with Crippen molar-refractivity contribution in [1.82, 2.24) is 14.8 Å². The van der Waals surface area contributed by atoms with Gasteiger partial charge >= 0.3 is 5.97 Å². The average Bonchev–Trinajstić information content (AvgIpc) is 3.18. The summed E-state index contributed by atoms with van der Waals surface area (Å²) in [5.41, 5.74) is 0.912. The molecule has 0 aliphatic heterocycles. The van der Waals surface area contributed by atoms with Crippen LogP contribution in [0.2, 0.25) is 0 Å². The third-order valence-electron chi connectivity index (χ3n) is 5.50. The fraction of sp³-hybridized carbons (Fsp3) is 0.650. The largest absolute Gasteiger partial charge is 0.469 e. The smallest absolute Gasteiger partial charge is 0.316 e. The fourth-order valence-electron chi connectivity index (χ4n) is 3.87. The van der Waals surface area contributed by atoms with Crippen LogP contribution in [0.3, 0.4) is 0 Å². The quantitative estimate of drug-likeness (QED) is 0.534. The van der Waals surface area contributed by atoms with Crippen LogP contribution in [0.15, 0.2) is 21.9 Å². The highest BCUT2D eigenvalue weighted by Gasteiger charge is 2.33. The van der Waals surface area contributed by atoms with Crippen molar-refractivity contribution < 1.29 is 13.9 Å². The van der Waals surface area contributed by atoms with E-state index in [1.807, 2.05) is 24.6 Å². The summed E-state index contributed by atoms with van der Waals surface area (Å²) in [7, 11) is 1.90. The van der Waals surface area contributed by atoms with Gasteiger partial charge in [-0.15, -0.1) is 10.2 Å². The van der Waals surface area contributed by atoms with Gasteiger partial charge in [-0.05, 0) is 43.6 Å². The van der Waals surface area contributed by atoms with E-state index in [9.17, 15) is 4.79 Å². The Bertz CT molecular complexity index is 783. The molecule has 2 aromatic rings. The number of esters is 1. The molecule has 1 aliphatic rings. The molecular weight excluding hydrogens is 362 g/mol. The van der Waals surface area contributed by atoms with E-state index in [0.717, 1.165) is 30.0 Å². The molecule has 0 unspecified atom stereocenters. The van der Waals surface area contributed by atoms with Gasteiger partial charge in [0.05, 0.1) is 17.6 Å². The zero-order valence-electron chi connectivity index (χ0n) is 16.8. The number of carbonyl (C=O) groups excluding carboxylic acids is 1. The topological polar surface area (TPSA) is 70.2 Å². The van der Waals surface area contributed by atoms with Crippen molar-refractivity contribution in [2.75, 3.05) is 5.75 Å². The SMILES string of the molecule is Cc1occc1-c1nnc(SCC(=O)O[C@H]2C[C@H](C)CC[C@@H]2C(C)C)n1C. The molecule has 27 heavy (non-hydrogen) atoms. The Balaban J connectivity index is 1.59. The molecule has 0 amide bonds. The van der Waals surface area contributed by atoms with Crippen LogP contribution in [-0.2, 0) is 16.6 Å². The van der Waals surface area contributed by atoms with Crippen LogP contribution in [-0.4, -0.2) is 32.6 Å². The normalized spacial score (nSPS) is 23.0. The van der Waals surface area contributed by atoms with Gasteiger partial charge in [0.1, 0.15) is 11.9 Å². The number of aromatic nitrogens is 3. The number of aryl methyl sites for hydroxylation is 1. The van der Waals surface area contributed by atoms with E-state index in [1.165, 1.54) is 18.2 Å². The summed E-state index contributed by atoms with van der Waals surface area (Å²) in [4.78, 5) is 12.4. The number of hydrogen-bond donors (Lipinski definition) is 0. The van der Waals surface area contributed by atoms with Crippen LogP contribution in [0.4, 0.5) is 0 Å². The van der Waals surface area contributed by atoms with Gasteiger partial charge in [0, 0.05) is 7.05 Å². The summed E-state index contributed by atoms with van der Waals surface area (Å²) >= 11 is 1.36. The second kappa shape index (κ2) is 8.50. The first-order chi connectivity index (χ1) is 12.9. The predicted molar refractivity (Wildman–Crippen MR) is 105 cm³/mol. The number of rotatable bonds is 6. The molecule has 1 aliphatic carbocycles. The maximum Gasteiger partial charge on any atom is 0.316 e. The van der Waals surface area contributed by atoms with Crippen molar-refractivity contribution >= 4 is 17.7 Å². The van der Waals surface area contributed by atoms with E-state index in [1.54, 1.807) is 6.26 Å². The number of carbonyl (C=O) groups is 1. The number of ether oxygens (including phenoxy) is 1. The zero-order valence-corrected chi connectivity index (χ0v) is 17.6. The summed E-state index contributed by atoms with van der Waals surface area (Å²) in [6, 6.07) is 1.87. The summed E-state index contributed by atoms with van der Waals surface area (Å²) in [6.07, 6.45) is 5.00. The fourth-order valence-corrected chi connectivity index (χ4v) is 4.56. The molecule has 0 saturated heterocycles. The highest BCUT2D eigenvalue weighted by molar-refractivity contribution is 7.99. The molecule has 2 aromatic heterocycles. The Morgan fingerprint density at radius 1 is 1.41 bits per heavy atom. The molecule has 3 atom stereocenters. The molecule has 0 N–H and O–H groups in total. The highest BCUT2D eigenvalue weighted by atomic mass is 32.2. The zero-order chi connectivity index (χ0) is 19.6. The van der Waals surface area contributed by atoms with Gasteiger partial charge in [0.2, 0.25) is 0 Å². The van der Waals surface area contributed by atoms with Crippen LogP contribution >= 0.6 is 11.8 Å². The van der Waals surface area contributed by atoms with Gasteiger partial charge < -0.3 is 13.7 Å². The van der Waals surface area contributed by atoms with Gasteiger partial charge in [-0.3, -0.25) is 4.79 Å². The number of furan rings is 1. The van der Waals surface area contributed by atoms with Crippen molar-refractivity contribution in [2.45, 2.75) is 58.2 Å². The van der Waals surface area contributed by atoms with E-state index < -0.39 is 0 Å². The molecule has 7 heteroatoms. The Morgan fingerprint density at radius 3 is 2.85 bits per heavy atom. The van der Waals surface area contributed by atoms with Crippen molar-refractivity contribution in [3.8, 4) is 11.4 Å². The van der Waals surface area contributed by atoms with Crippen molar-refractivity contribution in [3.63, 3.8) is 0 Å². The lowest BCUT2D eigenvalue weighted by Crippen LogP contribution is -2.36. The van der Waals surface area contributed by atoms with Gasteiger partial charge in [-0.1, -0.05) is 39.0 Å². The van der Waals surface area contributed by atoms with Crippen molar-refractivity contribution in [2.24, 2.45) is 24.8 Å². The molecule has 0 radical (unpaired) electrons. The van der Waals surface area contributed by atoms with Gasteiger partial charge in [-0.25, -0.2) is 0 Å². The lowest BCUT2D eigenvalue weighted by Gasteiger charge is -2.36. The third kappa shape index (κ3) is 4.57.